The van der Waals surface area contributed by atoms with E-state index in [1.807, 2.05) is 0 Å². The Hall–Kier alpha value is -3.26. The molecule has 0 spiro atoms. The maximum atomic E-state index is 12.7. The average molecular weight is 359 g/mol. The van der Waals surface area contributed by atoms with Crippen LogP contribution < -0.4 is 11.0 Å². The van der Waals surface area contributed by atoms with Crippen LogP contribution in [0.25, 0.3) is 22.3 Å². The molecule has 25 heavy (non-hydrogen) atoms. The molecule has 1 amide bonds. The van der Waals surface area contributed by atoms with Gasteiger partial charge in [0.15, 0.2) is 5.82 Å². The summed E-state index contributed by atoms with van der Waals surface area (Å²) in [6.07, 6.45) is 0. The molecule has 0 aliphatic heterocycles. The zero-order valence-electron chi connectivity index (χ0n) is 12.9. The van der Waals surface area contributed by atoms with Crippen LogP contribution in [0.3, 0.4) is 0 Å². The second-order valence-corrected chi connectivity index (χ2v) is 5.65. The number of fused-ring (bicyclic) bond motifs is 1. The zero-order chi connectivity index (χ0) is 18.1. The fourth-order valence-corrected chi connectivity index (χ4v) is 2.52. The topological polar surface area (TPSA) is 107 Å². The molecule has 0 bridgehead atoms. The van der Waals surface area contributed by atoms with Gasteiger partial charge in [-0.15, -0.1) is 0 Å². The number of rotatable bonds is 3. The molecule has 8 nitrogen and oxygen atoms in total. The fourth-order valence-electron chi connectivity index (χ4n) is 2.34. The summed E-state index contributed by atoms with van der Waals surface area (Å²) in [6, 6.07) is 10.2. The van der Waals surface area contributed by atoms with Gasteiger partial charge in [-0.25, -0.2) is 4.98 Å². The molecule has 3 aromatic rings. The highest BCUT2D eigenvalue weighted by Gasteiger charge is 2.15. The Morgan fingerprint density at radius 2 is 1.92 bits per heavy atom. The first kappa shape index (κ1) is 16.6. The van der Waals surface area contributed by atoms with Gasteiger partial charge in [0.1, 0.15) is 0 Å². The second kappa shape index (κ2) is 6.33. The molecule has 1 N–H and O–H groups in total. The second-order valence-electron chi connectivity index (χ2n) is 5.21. The van der Waals surface area contributed by atoms with Gasteiger partial charge in [-0.3, -0.25) is 25.1 Å². The molecule has 9 heteroatoms. The van der Waals surface area contributed by atoms with Crippen molar-refractivity contribution in [2.24, 2.45) is 0 Å². The van der Waals surface area contributed by atoms with Gasteiger partial charge in [0, 0.05) is 29.6 Å². The summed E-state index contributed by atoms with van der Waals surface area (Å²) in [6.45, 7) is 1.26. The van der Waals surface area contributed by atoms with Crippen molar-refractivity contribution in [3.05, 3.63) is 68.0 Å². The number of aromatic nitrogens is 2. The molecule has 0 radical (unpaired) electrons. The molecule has 0 aliphatic carbocycles. The Balaban J connectivity index is 2.28. The molecule has 0 atom stereocenters. The molecular formula is C16H11ClN4O4. The SMILES string of the molecule is CC(=O)Nn1c(-c2ccc([N+](=O)[O-])cc2)nc2ccc(Cl)cc2c1=O. The summed E-state index contributed by atoms with van der Waals surface area (Å²) < 4.78 is 1.00. The Bertz CT molecular complexity index is 1060. The molecule has 1 heterocycles. The Morgan fingerprint density at radius 3 is 2.52 bits per heavy atom. The minimum absolute atomic E-state index is 0.0928. The highest BCUT2D eigenvalue weighted by atomic mass is 35.5. The maximum absolute atomic E-state index is 12.7. The van der Waals surface area contributed by atoms with E-state index in [2.05, 4.69) is 10.4 Å². The largest absolute Gasteiger partial charge is 0.280 e. The molecule has 1 aromatic heterocycles. The van der Waals surface area contributed by atoms with Crippen LogP contribution in [0.5, 0.6) is 0 Å². The number of carbonyl (C=O) groups excluding carboxylic acids is 1. The first-order valence-corrected chi connectivity index (χ1v) is 7.49. The van der Waals surface area contributed by atoms with Gasteiger partial charge in [0.25, 0.3) is 11.2 Å². The molecule has 0 saturated carbocycles. The van der Waals surface area contributed by atoms with E-state index in [0.717, 1.165) is 4.68 Å². The lowest BCUT2D eigenvalue weighted by atomic mass is 10.1. The normalized spacial score (nSPS) is 10.6. The Labute approximate surface area is 145 Å². The van der Waals surface area contributed by atoms with Crippen molar-refractivity contribution in [3.8, 4) is 11.4 Å². The quantitative estimate of drug-likeness (QED) is 0.572. The first-order chi connectivity index (χ1) is 11.9. The van der Waals surface area contributed by atoms with Gasteiger partial charge in [0.2, 0.25) is 5.91 Å². The van der Waals surface area contributed by atoms with E-state index in [9.17, 15) is 19.7 Å². The van der Waals surface area contributed by atoms with Crippen LogP contribution >= 0.6 is 11.6 Å². The predicted octanol–water partition coefficient (Wildman–Crippen LogP) is 2.72. The number of nitro benzene ring substituents is 1. The van der Waals surface area contributed by atoms with Crippen molar-refractivity contribution in [2.75, 3.05) is 5.43 Å². The average Bonchev–Trinajstić information content (AvgIpc) is 2.57. The van der Waals surface area contributed by atoms with Gasteiger partial charge in [-0.1, -0.05) is 11.6 Å². The number of amides is 1. The van der Waals surface area contributed by atoms with Crippen LogP contribution in [0.4, 0.5) is 5.69 Å². The van der Waals surface area contributed by atoms with Crippen LogP contribution in [0.2, 0.25) is 5.02 Å². The van der Waals surface area contributed by atoms with Crippen LogP contribution in [0.1, 0.15) is 6.92 Å². The Kier molecular flexibility index (Phi) is 4.20. The fraction of sp³-hybridized carbons (Fsp3) is 0.0625. The standard InChI is InChI=1S/C16H11ClN4O4/c1-9(22)19-20-15(10-2-5-12(6-3-10)21(24)25)18-14-7-4-11(17)8-13(14)16(20)23/h2-8H,1H3,(H,19,22). The van der Waals surface area contributed by atoms with Crippen LogP contribution in [0.15, 0.2) is 47.3 Å². The van der Waals surface area contributed by atoms with E-state index in [1.165, 1.54) is 37.3 Å². The summed E-state index contributed by atoms with van der Waals surface area (Å²) >= 11 is 5.93. The number of benzene rings is 2. The first-order valence-electron chi connectivity index (χ1n) is 7.11. The van der Waals surface area contributed by atoms with Gasteiger partial charge >= 0.3 is 0 Å². The third-order valence-corrected chi connectivity index (χ3v) is 3.67. The highest BCUT2D eigenvalue weighted by Crippen LogP contribution is 2.22. The van der Waals surface area contributed by atoms with E-state index in [4.69, 9.17) is 11.6 Å². The smallest absolute Gasteiger partial charge is 0.274 e. The minimum Gasteiger partial charge on any atom is -0.274 e. The highest BCUT2D eigenvalue weighted by molar-refractivity contribution is 6.31. The van der Waals surface area contributed by atoms with Crippen LogP contribution in [0, 0.1) is 10.1 Å². The number of carbonyl (C=O) groups is 1. The maximum Gasteiger partial charge on any atom is 0.280 e. The van der Waals surface area contributed by atoms with Crippen molar-refractivity contribution in [2.45, 2.75) is 6.92 Å². The number of nitro groups is 1. The van der Waals surface area contributed by atoms with Gasteiger partial charge in [0.05, 0.1) is 15.8 Å². The van der Waals surface area contributed by atoms with Crippen molar-refractivity contribution in [1.29, 1.82) is 0 Å². The van der Waals surface area contributed by atoms with Crippen molar-refractivity contribution in [1.82, 2.24) is 9.66 Å². The minimum atomic E-state index is -0.527. The zero-order valence-corrected chi connectivity index (χ0v) is 13.6. The molecule has 0 saturated heterocycles. The molecular weight excluding hydrogens is 348 g/mol. The monoisotopic (exact) mass is 358 g/mol. The molecule has 126 valence electrons. The lowest BCUT2D eigenvalue weighted by Gasteiger charge is -2.13. The van der Waals surface area contributed by atoms with Crippen LogP contribution in [-0.4, -0.2) is 20.5 Å². The summed E-state index contributed by atoms with van der Waals surface area (Å²) in [4.78, 5) is 38.9. The third kappa shape index (κ3) is 3.20. The van der Waals surface area contributed by atoms with E-state index in [1.54, 1.807) is 12.1 Å². The Morgan fingerprint density at radius 1 is 1.24 bits per heavy atom. The molecule has 3 rings (SSSR count). The number of nitrogens with zero attached hydrogens (tertiary/aromatic N) is 3. The van der Waals surface area contributed by atoms with Crippen molar-refractivity contribution >= 4 is 34.1 Å². The number of nitrogens with one attached hydrogen (secondary N) is 1. The van der Waals surface area contributed by atoms with E-state index in [-0.39, 0.29) is 16.9 Å². The number of hydrogen-bond donors (Lipinski definition) is 1. The van der Waals surface area contributed by atoms with Gasteiger partial charge < -0.3 is 0 Å². The molecule has 0 aliphatic rings. The molecule has 0 fully saturated rings. The molecule has 2 aromatic carbocycles. The van der Waals surface area contributed by atoms with E-state index >= 15 is 0 Å². The summed E-state index contributed by atoms with van der Waals surface area (Å²) in [5.41, 5.74) is 2.65. The van der Waals surface area contributed by atoms with Gasteiger partial charge in [-0.05, 0) is 30.3 Å². The molecule has 0 unspecified atom stereocenters. The lowest BCUT2D eigenvalue weighted by molar-refractivity contribution is -0.384. The number of non-ortho nitro benzene ring substituents is 1. The number of hydrogen-bond acceptors (Lipinski definition) is 5. The van der Waals surface area contributed by atoms with Crippen molar-refractivity contribution in [3.63, 3.8) is 0 Å². The summed E-state index contributed by atoms with van der Waals surface area (Å²) in [7, 11) is 0. The lowest BCUT2D eigenvalue weighted by Crippen LogP contribution is -2.34. The van der Waals surface area contributed by atoms with Crippen molar-refractivity contribution < 1.29 is 9.72 Å². The summed E-state index contributed by atoms with van der Waals surface area (Å²) in [5.74, 6) is -0.307. The number of halogens is 1. The predicted molar refractivity (Wildman–Crippen MR) is 93.1 cm³/mol. The third-order valence-electron chi connectivity index (χ3n) is 3.44. The summed E-state index contributed by atoms with van der Waals surface area (Å²) in [5, 5.41) is 11.4. The van der Waals surface area contributed by atoms with Crippen LogP contribution in [-0.2, 0) is 4.79 Å². The van der Waals surface area contributed by atoms with E-state index in [0.29, 0.717) is 16.1 Å². The van der Waals surface area contributed by atoms with E-state index < -0.39 is 16.4 Å². The van der Waals surface area contributed by atoms with Gasteiger partial charge in [-0.2, -0.15) is 4.68 Å².